The number of hydrogen-bond donors (Lipinski definition) is 2. The molecule has 3 nitrogen and oxygen atoms in total. The van der Waals surface area contributed by atoms with Crippen molar-refractivity contribution in [2.24, 2.45) is 5.73 Å². The lowest BCUT2D eigenvalue weighted by atomic mass is 10.2. The van der Waals surface area contributed by atoms with E-state index in [0.29, 0.717) is 18.7 Å². The molecule has 15 heavy (non-hydrogen) atoms. The highest BCUT2D eigenvalue weighted by molar-refractivity contribution is 9.10. The van der Waals surface area contributed by atoms with Crippen molar-refractivity contribution >= 4 is 21.8 Å². The summed E-state index contributed by atoms with van der Waals surface area (Å²) in [4.78, 5) is 11.6. The van der Waals surface area contributed by atoms with Gasteiger partial charge in [0.15, 0.2) is 0 Å². The van der Waals surface area contributed by atoms with Crippen LogP contribution in [0.1, 0.15) is 10.4 Å². The maximum Gasteiger partial charge on any atom is 0.251 e. The van der Waals surface area contributed by atoms with Crippen molar-refractivity contribution in [2.75, 3.05) is 13.1 Å². The van der Waals surface area contributed by atoms with E-state index in [9.17, 15) is 4.79 Å². The maximum absolute atomic E-state index is 11.6. The number of benzene rings is 1. The Morgan fingerprint density at radius 2 is 2.27 bits per heavy atom. The third kappa shape index (κ3) is 4.27. The molecule has 0 aliphatic carbocycles. The third-order valence-electron chi connectivity index (χ3n) is 1.77. The Hall–Kier alpha value is -1.13. The first-order valence-electron chi connectivity index (χ1n) is 4.63. The molecule has 1 amide bonds. The first-order chi connectivity index (χ1) is 7.24. The van der Waals surface area contributed by atoms with E-state index >= 15 is 0 Å². The van der Waals surface area contributed by atoms with Crippen LogP contribution in [0.25, 0.3) is 0 Å². The van der Waals surface area contributed by atoms with Gasteiger partial charge in [-0.1, -0.05) is 34.1 Å². The second-order valence-corrected chi connectivity index (χ2v) is 3.84. The number of amides is 1. The fourth-order valence-corrected chi connectivity index (χ4v) is 1.46. The molecule has 0 aliphatic heterocycles. The first-order valence-corrected chi connectivity index (χ1v) is 5.42. The number of hydrogen-bond acceptors (Lipinski definition) is 2. The lowest BCUT2D eigenvalue weighted by Crippen LogP contribution is -2.23. The van der Waals surface area contributed by atoms with Crippen LogP contribution in [0, 0.1) is 0 Å². The van der Waals surface area contributed by atoms with Gasteiger partial charge < -0.3 is 11.1 Å². The summed E-state index contributed by atoms with van der Waals surface area (Å²) in [6.07, 6.45) is 3.64. The Morgan fingerprint density at radius 1 is 1.47 bits per heavy atom. The van der Waals surface area contributed by atoms with E-state index in [1.165, 1.54) is 0 Å². The standard InChI is InChI=1S/C11H13BrN2O/c12-10-5-3-4-9(8-10)11(15)14-7-2-1-6-13/h1-5,8H,6-7,13H2,(H,14,15)/b2-1+. The van der Waals surface area contributed by atoms with Crippen molar-refractivity contribution in [2.45, 2.75) is 0 Å². The fraction of sp³-hybridized carbons (Fsp3) is 0.182. The van der Waals surface area contributed by atoms with E-state index in [4.69, 9.17) is 5.73 Å². The van der Waals surface area contributed by atoms with Crippen LogP contribution in [0.2, 0.25) is 0 Å². The van der Waals surface area contributed by atoms with Crippen LogP contribution in [0.5, 0.6) is 0 Å². The molecule has 0 aromatic heterocycles. The summed E-state index contributed by atoms with van der Waals surface area (Å²) in [5, 5.41) is 2.76. The normalized spacial score (nSPS) is 10.5. The zero-order valence-electron chi connectivity index (χ0n) is 8.24. The Balaban J connectivity index is 2.50. The van der Waals surface area contributed by atoms with E-state index in [1.807, 2.05) is 18.2 Å². The van der Waals surface area contributed by atoms with Gasteiger partial charge in [-0.2, -0.15) is 0 Å². The number of carbonyl (C=O) groups is 1. The number of carbonyl (C=O) groups excluding carboxylic acids is 1. The van der Waals surface area contributed by atoms with Gasteiger partial charge in [0.2, 0.25) is 0 Å². The SMILES string of the molecule is NC/C=C/CNC(=O)c1cccc(Br)c1. The number of halogens is 1. The highest BCUT2D eigenvalue weighted by atomic mass is 79.9. The van der Waals surface area contributed by atoms with E-state index in [2.05, 4.69) is 21.2 Å². The molecule has 80 valence electrons. The summed E-state index contributed by atoms with van der Waals surface area (Å²) < 4.78 is 0.896. The summed E-state index contributed by atoms with van der Waals surface area (Å²) in [7, 11) is 0. The summed E-state index contributed by atoms with van der Waals surface area (Å²) in [5.41, 5.74) is 5.91. The second kappa shape index (κ2) is 6.37. The van der Waals surface area contributed by atoms with Crippen molar-refractivity contribution in [3.05, 3.63) is 46.5 Å². The molecule has 0 saturated heterocycles. The number of rotatable bonds is 4. The van der Waals surface area contributed by atoms with Gasteiger partial charge in [-0.15, -0.1) is 0 Å². The molecule has 0 unspecified atom stereocenters. The number of nitrogens with two attached hydrogens (primary N) is 1. The minimum atomic E-state index is -0.0852. The lowest BCUT2D eigenvalue weighted by molar-refractivity contribution is 0.0958. The van der Waals surface area contributed by atoms with Crippen LogP contribution < -0.4 is 11.1 Å². The molecular weight excluding hydrogens is 256 g/mol. The van der Waals surface area contributed by atoms with Gasteiger partial charge in [0, 0.05) is 23.1 Å². The van der Waals surface area contributed by atoms with Crippen molar-refractivity contribution in [3.8, 4) is 0 Å². The summed E-state index contributed by atoms with van der Waals surface area (Å²) in [6.45, 7) is 0.995. The van der Waals surface area contributed by atoms with Gasteiger partial charge in [-0.05, 0) is 18.2 Å². The molecule has 0 radical (unpaired) electrons. The molecule has 1 aromatic rings. The van der Waals surface area contributed by atoms with Crippen molar-refractivity contribution in [1.82, 2.24) is 5.32 Å². The third-order valence-corrected chi connectivity index (χ3v) is 2.26. The van der Waals surface area contributed by atoms with Crippen molar-refractivity contribution < 1.29 is 4.79 Å². The Kier molecular flexibility index (Phi) is 5.07. The largest absolute Gasteiger partial charge is 0.349 e. The first kappa shape index (κ1) is 11.9. The van der Waals surface area contributed by atoms with Crippen molar-refractivity contribution in [3.63, 3.8) is 0 Å². The topological polar surface area (TPSA) is 55.1 Å². The van der Waals surface area contributed by atoms with Crippen molar-refractivity contribution in [1.29, 1.82) is 0 Å². The molecule has 1 rings (SSSR count). The number of nitrogens with one attached hydrogen (secondary N) is 1. The molecule has 0 saturated carbocycles. The summed E-state index contributed by atoms with van der Waals surface area (Å²) in [5.74, 6) is -0.0852. The predicted molar refractivity (Wildman–Crippen MR) is 64.7 cm³/mol. The molecule has 0 aliphatic rings. The van der Waals surface area contributed by atoms with Crippen LogP contribution in [0.15, 0.2) is 40.9 Å². The predicted octanol–water partition coefficient (Wildman–Crippen LogP) is 1.69. The minimum Gasteiger partial charge on any atom is -0.349 e. The minimum absolute atomic E-state index is 0.0852. The lowest BCUT2D eigenvalue weighted by Gasteiger charge is -2.02. The Morgan fingerprint density at radius 3 is 2.93 bits per heavy atom. The summed E-state index contributed by atoms with van der Waals surface area (Å²) in [6, 6.07) is 7.26. The summed E-state index contributed by atoms with van der Waals surface area (Å²) >= 11 is 3.31. The zero-order valence-corrected chi connectivity index (χ0v) is 9.83. The fourth-order valence-electron chi connectivity index (χ4n) is 1.06. The van der Waals surface area contributed by atoms with Crippen LogP contribution in [-0.4, -0.2) is 19.0 Å². The van der Waals surface area contributed by atoms with E-state index in [-0.39, 0.29) is 5.91 Å². The Labute approximate surface area is 97.5 Å². The highest BCUT2D eigenvalue weighted by Crippen LogP contribution is 2.11. The monoisotopic (exact) mass is 268 g/mol. The van der Waals surface area contributed by atoms with Gasteiger partial charge in [-0.25, -0.2) is 0 Å². The molecule has 4 heteroatoms. The van der Waals surface area contributed by atoms with Gasteiger partial charge in [0.05, 0.1) is 0 Å². The molecule has 1 aromatic carbocycles. The van der Waals surface area contributed by atoms with Crippen LogP contribution >= 0.6 is 15.9 Å². The second-order valence-electron chi connectivity index (χ2n) is 2.93. The molecular formula is C11H13BrN2O. The smallest absolute Gasteiger partial charge is 0.251 e. The van der Waals surface area contributed by atoms with Gasteiger partial charge in [0.1, 0.15) is 0 Å². The zero-order chi connectivity index (χ0) is 11.1. The highest BCUT2D eigenvalue weighted by Gasteiger charge is 2.02. The van der Waals surface area contributed by atoms with Crippen LogP contribution in [0.4, 0.5) is 0 Å². The molecule has 0 heterocycles. The average molecular weight is 269 g/mol. The van der Waals surface area contributed by atoms with E-state index < -0.39 is 0 Å². The van der Waals surface area contributed by atoms with Gasteiger partial charge >= 0.3 is 0 Å². The maximum atomic E-state index is 11.6. The molecule has 0 fully saturated rings. The van der Waals surface area contributed by atoms with Gasteiger partial charge in [-0.3, -0.25) is 4.79 Å². The van der Waals surface area contributed by atoms with E-state index in [1.54, 1.807) is 18.2 Å². The van der Waals surface area contributed by atoms with Crippen LogP contribution in [-0.2, 0) is 0 Å². The molecule has 0 bridgehead atoms. The van der Waals surface area contributed by atoms with E-state index in [0.717, 1.165) is 4.47 Å². The Bertz CT molecular complexity index is 363. The quantitative estimate of drug-likeness (QED) is 0.817. The molecule has 0 atom stereocenters. The average Bonchev–Trinajstić information content (AvgIpc) is 2.24. The van der Waals surface area contributed by atoms with Crippen LogP contribution in [0.3, 0.4) is 0 Å². The molecule has 0 spiro atoms. The molecule has 3 N–H and O–H groups in total. The van der Waals surface area contributed by atoms with Gasteiger partial charge in [0.25, 0.3) is 5.91 Å².